The Balaban J connectivity index is 3.24. The van der Waals surface area contributed by atoms with E-state index in [0.717, 1.165) is 19.8 Å². The number of ether oxygens (including phenoxy) is 1. The van der Waals surface area contributed by atoms with Gasteiger partial charge in [-0.15, -0.1) is 0 Å². The highest BCUT2D eigenvalue weighted by Crippen LogP contribution is 1.91. The van der Waals surface area contributed by atoms with Gasteiger partial charge in [-0.2, -0.15) is 0 Å². The Kier molecular flexibility index (Phi) is 7.45. The first kappa shape index (κ1) is 11.9. The van der Waals surface area contributed by atoms with Crippen molar-refractivity contribution in [3.8, 4) is 0 Å². The molecule has 0 heterocycles. The number of nitrogens with one attached hydrogen (secondary N) is 1. The van der Waals surface area contributed by atoms with E-state index in [2.05, 4.69) is 12.2 Å². The molecule has 2 unspecified atom stereocenters. The van der Waals surface area contributed by atoms with Crippen molar-refractivity contribution in [1.29, 1.82) is 0 Å². The molecule has 0 spiro atoms. The Labute approximate surface area is 75.1 Å². The molecule has 2 N–H and O–H groups in total. The van der Waals surface area contributed by atoms with Crippen molar-refractivity contribution in [2.75, 3.05) is 26.4 Å². The van der Waals surface area contributed by atoms with Crippen molar-refractivity contribution in [1.82, 2.24) is 5.32 Å². The molecule has 0 saturated carbocycles. The summed E-state index contributed by atoms with van der Waals surface area (Å²) < 4.78 is 5.24. The van der Waals surface area contributed by atoms with Crippen LogP contribution in [-0.2, 0) is 4.74 Å². The molecule has 0 aromatic heterocycles. The van der Waals surface area contributed by atoms with Crippen LogP contribution in [0.15, 0.2) is 0 Å². The molecule has 0 radical (unpaired) electrons. The van der Waals surface area contributed by atoms with Crippen molar-refractivity contribution in [2.24, 2.45) is 5.92 Å². The van der Waals surface area contributed by atoms with Crippen LogP contribution in [0.5, 0.6) is 0 Å². The predicted octanol–water partition coefficient (Wildman–Crippen LogP) is 0.629. The van der Waals surface area contributed by atoms with Crippen LogP contribution in [0.4, 0.5) is 0 Å². The number of hydrogen-bond acceptors (Lipinski definition) is 3. The van der Waals surface area contributed by atoms with Crippen molar-refractivity contribution in [2.45, 2.75) is 26.8 Å². The van der Waals surface area contributed by atoms with Gasteiger partial charge in [0.2, 0.25) is 0 Å². The maximum atomic E-state index is 8.75. The van der Waals surface area contributed by atoms with Crippen LogP contribution in [0.3, 0.4) is 0 Å². The van der Waals surface area contributed by atoms with Crippen LogP contribution >= 0.6 is 0 Å². The Morgan fingerprint density at radius 1 is 1.42 bits per heavy atom. The van der Waals surface area contributed by atoms with E-state index in [4.69, 9.17) is 9.84 Å². The van der Waals surface area contributed by atoms with Crippen molar-refractivity contribution < 1.29 is 9.84 Å². The maximum Gasteiger partial charge on any atom is 0.0616 e. The first-order chi connectivity index (χ1) is 5.70. The van der Waals surface area contributed by atoms with E-state index in [1.54, 1.807) is 0 Å². The van der Waals surface area contributed by atoms with Gasteiger partial charge in [-0.3, -0.25) is 0 Å². The molecule has 0 aromatic rings. The van der Waals surface area contributed by atoms with E-state index >= 15 is 0 Å². The first-order valence-electron chi connectivity index (χ1n) is 4.62. The fourth-order valence-electron chi connectivity index (χ4n) is 0.820. The van der Waals surface area contributed by atoms with Gasteiger partial charge >= 0.3 is 0 Å². The highest BCUT2D eigenvalue weighted by Gasteiger charge is 2.03. The summed E-state index contributed by atoms with van der Waals surface area (Å²) in [4.78, 5) is 0. The summed E-state index contributed by atoms with van der Waals surface area (Å²) in [6.07, 6.45) is 0. The Bertz CT molecular complexity index is 98.5. The summed E-state index contributed by atoms with van der Waals surface area (Å²) in [5, 5.41) is 12.0. The van der Waals surface area contributed by atoms with Crippen molar-refractivity contribution >= 4 is 0 Å². The smallest absolute Gasteiger partial charge is 0.0616 e. The minimum Gasteiger partial charge on any atom is -0.396 e. The second-order valence-electron chi connectivity index (χ2n) is 3.26. The van der Waals surface area contributed by atoms with E-state index in [0.29, 0.717) is 12.0 Å². The second kappa shape index (κ2) is 7.53. The fourth-order valence-corrected chi connectivity index (χ4v) is 0.820. The third-order valence-corrected chi connectivity index (χ3v) is 1.70. The average molecular weight is 175 g/mol. The van der Waals surface area contributed by atoms with Gasteiger partial charge in [0.1, 0.15) is 0 Å². The Hall–Kier alpha value is -0.120. The summed E-state index contributed by atoms with van der Waals surface area (Å²) in [5.74, 6) is 0.328. The van der Waals surface area contributed by atoms with Gasteiger partial charge in [0, 0.05) is 25.8 Å². The van der Waals surface area contributed by atoms with Crippen LogP contribution in [0.1, 0.15) is 20.8 Å². The standard InChI is InChI=1S/C9H21NO2/c1-4-12-7-9(3)10-5-8(2)6-11/h8-11H,4-7H2,1-3H3. The SMILES string of the molecule is CCOCC(C)NCC(C)CO. The van der Waals surface area contributed by atoms with Gasteiger partial charge in [0.05, 0.1) is 6.61 Å². The minimum atomic E-state index is 0.244. The maximum absolute atomic E-state index is 8.75. The quantitative estimate of drug-likeness (QED) is 0.596. The van der Waals surface area contributed by atoms with Gasteiger partial charge in [-0.05, 0) is 19.8 Å². The summed E-state index contributed by atoms with van der Waals surface area (Å²) >= 11 is 0. The second-order valence-corrected chi connectivity index (χ2v) is 3.26. The van der Waals surface area contributed by atoms with Gasteiger partial charge in [0.15, 0.2) is 0 Å². The van der Waals surface area contributed by atoms with Crippen LogP contribution < -0.4 is 5.32 Å². The third-order valence-electron chi connectivity index (χ3n) is 1.70. The molecule has 74 valence electrons. The lowest BCUT2D eigenvalue weighted by Crippen LogP contribution is -2.34. The lowest BCUT2D eigenvalue weighted by Gasteiger charge is -2.15. The topological polar surface area (TPSA) is 41.5 Å². The van der Waals surface area contributed by atoms with E-state index in [1.807, 2.05) is 13.8 Å². The fraction of sp³-hybridized carbons (Fsp3) is 1.00. The van der Waals surface area contributed by atoms with Crippen LogP contribution in [-0.4, -0.2) is 37.5 Å². The summed E-state index contributed by atoms with van der Waals surface area (Å²) in [6.45, 7) is 8.69. The molecular weight excluding hydrogens is 154 g/mol. The van der Waals surface area contributed by atoms with Crippen LogP contribution in [0.2, 0.25) is 0 Å². The lowest BCUT2D eigenvalue weighted by atomic mass is 10.2. The third kappa shape index (κ3) is 6.58. The molecule has 0 aliphatic heterocycles. The molecule has 0 aromatic carbocycles. The molecule has 0 aliphatic rings. The molecule has 12 heavy (non-hydrogen) atoms. The van der Waals surface area contributed by atoms with Crippen LogP contribution in [0.25, 0.3) is 0 Å². The number of aliphatic hydroxyl groups excluding tert-OH is 1. The lowest BCUT2D eigenvalue weighted by molar-refractivity contribution is 0.124. The molecule has 0 saturated heterocycles. The predicted molar refractivity (Wildman–Crippen MR) is 50.2 cm³/mol. The highest BCUT2D eigenvalue weighted by molar-refractivity contribution is 4.62. The monoisotopic (exact) mass is 175 g/mol. The molecule has 0 rings (SSSR count). The zero-order valence-electron chi connectivity index (χ0n) is 8.34. The minimum absolute atomic E-state index is 0.244. The zero-order valence-corrected chi connectivity index (χ0v) is 8.34. The van der Waals surface area contributed by atoms with E-state index in [-0.39, 0.29) is 6.61 Å². The molecule has 0 fully saturated rings. The normalized spacial score (nSPS) is 16.0. The largest absolute Gasteiger partial charge is 0.396 e. The average Bonchev–Trinajstić information content (AvgIpc) is 2.10. The van der Waals surface area contributed by atoms with E-state index in [9.17, 15) is 0 Å². The van der Waals surface area contributed by atoms with Crippen molar-refractivity contribution in [3.05, 3.63) is 0 Å². The molecular formula is C9H21NO2. The van der Waals surface area contributed by atoms with Crippen molar-refractivity contribution in [3.63, 3.8) is 0 Å². The van der Waals surface area contributed by atoms with Crippen LogP contribution in [0, 0.1) is 5.92 Å². The molecule has 0 aliphatic carbocycles. The first-order valence-corrected chi connectivity index (χ1v) is 4.62. The Morgan fingerprint density at radius 2 is 2.08 bits per heavy atom. The number of rotatable bonds is 7. The van der Waals surface area contributed by atoms with Gasteiger partial charge in [-0.1, -0.05) is 6.92 Å². The summed E-state index contributed by atoms with van der Waals surface area (Å²) in [5.41, 5.74) is 0. The number of hydrogen-bond donors (Lipinski definition) is 2. The van der Waals surface area contributed by atoms with E-state index < -0.39 is 0 Å². The Morgan fingerprint density at radius 3 is 2.58 bits per heavy atom. The molecule has 0 bridgehead atoms. The molecule has 3 nitrogen and oxygen atoms in total. The number of aliphatic hydroxyl groups is 1. The molecule has 2 atom stereocenters. The highest BCUT2D eigenvalue weighted by atomic mass is 16.5. The van der Waals surface area contributed by atoms with E-state index in [1.165, 1.54) is 0 Å². The van der Waals surface area contributed by atoms with Gasteiger partial charge in [0.25, 0.3) is 0 Å². The molecule has 0 amide bonds. The summed E-state index contributed by atoms with van der Waals surface area (Å²) in [6, 6.07) is 0.374. The summed E-state index contributed by atoms with van der Waals surface area (Å²) in [7, 11) is 0. The van der Waals surface area contributed by atoms with Gasteiger partial charge in [-0.25, -0.2) is 0 Å². The van der Waals surface area contributed by atoms with Gasteiger partial charge < -0.3 is 15.2 Å². The molecule has 3 heteroatoms. The zero-order chi connectivity index (χ0) is 9.40.